The lowest BCUT2D eigenvalue weighted by atomic mass is 9.88. The summed E-state index contributed by atoms with van der Waals surface area (Å²) in [4.78, 5) is 0. The number of benzene rings is 1. The molecule has 0 saturated carbocycles. The van der Waals surface area contributed by atoms with Crippen molar-refractivity contribution in [3.8, 4) is 5.75 Å². The van der Waals surface area contributed by atoms with Crippen LogP contribution < -0.4 is 10.1 Å². The molecule has 1 rings (SSSR count). The van der Waals surface area contributed by atoms with Gasteiger partial charge in [0.05, 0.1) is 7.11 Å². The molecule has 0 aliphatic rings. The lowest BCUT2D eigenvalue weighted by Crippen LogP contribution is -2.19. The predicted octanol–water partition coefficient (Wildman–Crippen LogP) is 4.10. The van der Waals surface area contributed by atoms with E-state index in [-0.39, 0.29) is 0 Å². The van der Waals surface area contributed by atoms with E-state index in [2.05, 4.69) is 48.9 Å². The topological polar surface area (TPSA) is 21.3 Å². The largest absolute Gasteiger partial charge is 0.496 e. The number of halogens is 1. The van der Waals surface area contributed by atoms with E-state index < -0.39 is 0 Å². The third kappa shape index (κ3) is 2.72. The summed E-state index contributed by atoms with van der Waals surface area (Å²) in [5.41, 5.74) is 5.15. The molecule has 0 amide bonds. The lowest BCUT2D eigenvalue weighted by molar-refractivity contribution is 0.399. The van der Waals surface area contributed by atoms with Crippen molar-refractivity contribution < 1.29 is 4.74 Å². The van der Waals surface area contributed by atoms with Gasteiger partial charge in [-0.2, -0.15) is 0 Å². The van der Waals surface area contributed by atoms with Crippen LogP contribution in [0.15, 0.2) is 4.47 Å². The lowest BCUT2D eigenvalue weighted by Gasteiger charge is -2.24. The number of nitrogens with one attached hydrogen (secondary N) is 1. The third-order valence-electron chi connectivity index (χ3n) is 3.77. The maximum atomic E-state index is 5.67. The summed E-state index contributed by atoms with van der Waals surface area (Å²) in [6, 6.07) is 0. The van der Waals surface area contributed by atoms with Crippen molar-refractivity contribution in [1.82, 2.24) is 5.32 Å². The Hall–Kier alpha value is -0.540. The van der Waals surface area contributed by atoms with Crippen molar-refractivity contribution >= 4 is 15.9 Å². The van der Waals surface area contributed by atoms with Gasteiger partial charge in [0.2, 0.25) is 0 Å². The Morgan fingerprint density at radius 1 is 1.17 bits per heavy atom. The molecular formula is C15H24BrNO. The highest BCUT2D eigenvalue weighted by Crippen LogP contribution is 2.40. The molecule has 2 nitrogen and oxygen atoms in total. The minimum atomic E-state index is 0.487. The van der Waals surface area contributed by atoms with Gasteiger partial charge >= 0.3 is 0 Å². The van der Waals surface area contributed by atoms with Crippen LogP contribution in [0, 0.1) is 20.8 Å². The van der Waals surface area contributed by atoms with Crippen LogP contribution in [-0.2, 0) is 0 Å². The average molecular weight is 314 g/mol. The van der Waals surface area contributed by atoms with Crippen LogP contribution in [0.5, 0.6) is 5.75 Å². The van der Waals surface area contributed by atoms with E-state index in [9.17, 15) is 0 Å². The zero-order valence-corrected chi connectivity index (χ0v) is 13.9. The van der Waals surface area contributed by atoms with E-state index in [0.29, 0.717) is 5.92 Å². The zero-order valence-electron chi connectivity index (χ0n) is 12.3. The van der Waals surface area contributed by atoms with E-state index in [0.717, 1.165) is 18.7 Å². The highest BCUT2D eigenvalue weighted by Gasteiger charge is 2.22. The molecular weight excluding hydrogens is 290 g/mol. The second kappa shape index (κ2) is 6.58. The van der Waals surface area contributed by atoms with Gasteiger partial charge in [0.15, 0.2) is 0 Å². The highest BCUT2D eigenvalue weighted by molar-refractivity contribution is 9.10. The molecule has 0 radical (unpaired) electrons. The quantitative estimate of drug-likeness (QED) is 0.883. The molecule has 0 aromatic heterocycles. The molecule has 0 heterocycles. The summed E-state index contributed by atoms with van der Waals surface area (Å²) in [6.45, 7) is 9.64. The zero-order chi connectivity index (χ0) is 13.9. The Morgan fingerprint density at radius 2 is 1.78 bits per heavy atom. The summed E-state index contributed by atoms with van der Waals surface area (Å²) < 4.78 is 6.89. The van der Waals surface area contributed by atoms with Crippen molar-refractivity contribution in [1.29, 1.82) is 0 Å². The van der Waals surface area contributed by atoms with Crippen LogP contribution >= 0.6 is 15.9 Å². The Labute approximate surface area is 119 Å². The minimum absolute atomic E-state index is 0.487. The molecule has 0 fully saturated rings. The number of methoxy groups -OCH3 is 1. The van der Waals surface area contributed by atoms with Gasteiger partial charge in [0.25, 0.3) is 0 Å². The molecule has 1 atom stereocenters. The number of rotatable bonds is 5. The van der Waals surface area contributed by atoms with Crippen LogP contribution in [0.25, 0.3) is 0 Å². The van der Waals surface area contributed by atoms with Crippen molar-refractivity contribution in [2.75, 3.05) is 20.7 Å². The second-order valence-electron chi connectivity index (χ2n) is 4.80. The molecule has 0 bridgehead atoms. The minimum Gasteiger partial charge on any atom is -0.496 e. The fourth-order valence-electron chi connectivity index (χ4n) is 2.56. The summed E-state index contributed by atoms with van der Waals surface area (Å²) >= 11 is 3.72. The van der Waals surface area contributed by atoms with Crippen LogP contribution in [0.1, 0.15) is 41.5 Å². The first-order valence-corrected chi connectivity index (χ1v) is 7.26. The Kier molecular flexibility index (Phi) is 5.67. The van der Waals surface area contributed by atoms with Gasteiger partial charge < -0.3 is 10.1 Å². The molecule has 1 unspecified atom stereocenters. The third-order valence-corrected chi connectivity index (χ3v) is 4.96. The second-order valence-corrected chi connectivity index (χ2v) is 5.59. The van der Waals surface area contributed by atoms with Gasteiger partial charge in [-0.15, -0.1) is 0 Å². The van der Waals surface area contributed by atoms with E-state index in [1.54, 1.807) is 7.11 Å². The highest BCUT2D eigenvalue weighted by atomic mass is 79.9. The molecule has 1 N–H and O–H groups in total. The molecule has 0 saturated heterocycles. The van der Waals surface area contributed by atoms with Crippen molar-refractivity contribution in [2.24, 2.45) is 0 Å². The molecule has 3 heteroatoms. The maximum absolute atomic E-state index is 5.67. The van der Waals surface area contributed by atoms with Gasteiger partial charge in [0, 0.05) is 22.5 Å². The first-order valence-electron chi connectivity index (χ1n) is 6.47. The first kappa shape index (κ1) is 15.5. The molecule has 0 aliphatic carbocycles. The standard InChI is InChI=1S/C15H24BrNO/c1-7-12(8-17-5)13-11(4)14(16)9(2)10(3)15(13)18-6/h12,17H,7-8H2,1-6H3. The summed E-state index contributed by atoms with van der Waals surface area (Å²) in [7, 11) is 3.77. The molecule has 18 heavy (non-hydrogen) atoms. The van der Waals surface area contributed by atoms with Crippen LogP contribution in [0.2, 0.25) is 0 Å². The number of hydrogen-bond acceptors (Lipinski definition) is 2. The van der Waals surface area contributed by atoms with Crippen LogP contribution in [-0.4, -0.2) is 20.7 Å². The maximum Gasteiger partial charge on any atom is 0.125 e. The van der Waals surface area contributed by atoms with Gasteiger partial charge in [-0.05, 0) is 50.9 Å². The Morgan fingerprint density at radius 3 is 2.22 bits per heavy atom. The van der Waals surface area contributed by atoms with Crippen molar-refractivity contribution in [2.45, 2.75) is 40.0 Å². The number of ether oxygens (including phenoxy) is 1. The fourth-order valence-corrected chi connectivity index (χ4v) is 3.07. The number of likely N-dealkylation sites (N-methyl/N-ethyl adjacent to an activating group) is 1. The van der Waals surface area contributed by atoms with Gasteiger partial charge in [-0.25, -0.2) is 0 Å². The summed E-state index contributed by atoms with van der Waals surface area (Å²) in [5, 5.41) is 3.28. The molecule has 102 valence electrons. The van der Waals surface area contributed by atoms with Gasteiger partial charge in [0.1, 0.15) is 5.75 Å². The average Bonchev–Trinajstić information content (AvgIpc) is 2.38. The van der Waals surface area contributed by atoms with E-state index in [1.807, 2.05) is 7.05 Å². The van der Waals surface area contributed by atoms with Crippen molar-refractivity contribution in [3.05, 3.63) is 26.7 Å². The molecule has 1 aromatic carbocycles. The smallest absolute Gasteiger partial charge is 0.125 e. The van der Waals surface area contributed by atoms with Gasteiger partial charge in [-0.1, -0.05) is 22.9 Å². The predicted molar refractivity (Wildman–Crippen MR) is 81.9 cm³/mol. The van der Waals surface area contributed by atoms with Gasteiger partial charge in [-0.3, -0.25) is 0 Å². The molecule has 1 aromatic rings. The SMILES string of the molecule is CCC(CNC)c1c(C)c(Br)c(C)c(C)c1OC. The summed E-state index contributed by atoms with van der Waals surface area (Å²) in [6.07, 6.45) is 1.10. The van der Waals surface area contributed by atoms with Crippen LogP contribution in [0.3, 0.4) is 0 Å². The Balaban J connectivity index is 3.49. The normalized spacial score (nSPS) is 12.6. The first-order chi connectivity index (χ1) is 8.49. The fraction of sp³-hybridized carbons (Fsp3) is 0.600. The van der Waals surface area contributed by atoms with E-state index >= 15 is 0 Å². The summed E-state index contributed by atoms with van der Waals surface area (Å²) in [5.74, 6) is 1.54. The number of hydrogen-bond donors (Lipinski definition) is 1. The van der Waals surface area contributed by atoms with E-state index in [4.69, 9.17) is 4.74 Å². The monoisotopic (exact) mass is 313 g/mol. The Bertz CT molecular complexity index is 429. The van der Waals surface area contributed by atoms with Crippen molar-refractivity contribution in [3.63, 3.8) is 0 Å². The molecule has 0 aliphatic heterocycles. The van der Waals surface area contributed by atoms with E-state index in [1.165, 1.54) is 26.7 Å². The van der Waals surface area contributed by atoms with Crippen LogP contribution in [0.4, 0.5) is 0 Å². The molecule has 0 spiro atoms.